The number of nitrogens with zero attached hydrogens (tertiary/aromatic N) is 2. The molecule has 1 heterocycles. The van der Waals surface area contributed by atoms with E-state index in [1.54, 1.807) is 0 Å². The van der Waals surface area contributed by atoms with E-state index in [9.17, 15) is 0 Å². The molecule has 21 heavy (non-hydrogen) atoms. The van der Waals surface area contributed by atoms with Crippen LogP contribution in [0.5, 0.6) is 0 Å². The molecule has 0 amide bonds. The number of nitrogens with one attached hydrogen (secondary N) is 1. The van der Waals surface area contributed by atoms with E-state index in [0.717, 1.165) is 25.9 Å². The maximum absolute atomic E-state index is 4.44. The van der Waals surface area contributed by atoms with Gasteiger partial charge in [0.2, 0.25) is 0 Å². The lowest BCUT2D eigenvalue weighted by Gasteiger charge is -2.18. The zero-order valence-electron chi connectivity index (χ0n) is 13.5. The minimum atomic E-state index is 0.549. The molecule has 1 aromatic carbocycles. The topological polar surface area (TPSA) is 29.9 Å². The zero-order chi connectivity index (χ0) is 15.1. The summed E-state index contributed by atoms with van der Waals surface area (Å²) in [5.41, 5.74) is 2.78. The van der Waals surface area contributed by atoms with E-state index >= 15 is 0 Å². The molecule has 0 saturated heterocycles. The summed E-state index contributed by atoms with van der Waals surface area (Å²) in [6.07, 6.45) is 7.24. The maximum Gasteiger partial charge on any atom is 0.108 e. The Morgan fingerprint density at radius 3 is 2.86 bits per heavy atom. The Hall–Kier alpha value is -1.61. The quantitative estimate of drug-likeness (QED) is 0.753. The Labute approximate surface area is 128 Å². The van der Waals surface area contributed by atoms with Crippen LogP contribution in [-0.4, -0.2) is 22.6 Å². The zero-order valence-corrected chi connectivity index (χ0v) is 13.5. The molecular formula is C18H27N3. The predicted octanol–water partition coefficient (Wildman–Crippen LogP) is 3.44. The fraction of sp³-hybridized carbons (Fsp3) is 0.500. The molecule has 0 saturated carbocycles. The van der Waals surface area contributed by atoms with E-state index in [0.29, 0.717) is 5.92 Å². The molecular weight excluding hydrogens is 258 g/mol. The SMILES string of the molecule is CCCNCC(CCc1nccn1C)c1cccc(C)c1. The third-order valence-electron chi connectivity index (χ3n) is 3.97. The molecule has 114 valence electrons. The van der Waals surface area contributed by atoms with Crippen molar-refractivity contribution in [3.05, 3.63) is 53.6 Å². The van der Waals surface area contributed by atoms with Crippen LogP contribution in [0.1, 0.15) is 42.6 Å². The van der Waals surface area contributed by atoms with E-state index < -0.39 is 0 Å². The van der Waals surface area contributed by atoms with Gasteiger partial charge >= 0.3 is 0 Å². The van der Waals surface area contributed by atoms with Crippen molar-refractivity contribution in [3.8, 4) is 0 Å². The van der Waals surface area contributed by atoms with Crippen molar-refractivity contribution in [3.63, 3.8) is 0 Å². The molecule has 1 aromatic heterocycles. The van der Waals surface area contributed by atoms with Gasteiger partial charge in [0, 0.05) is 32.4 Å². The summed E-state index contributed by atoms with van der Waals surface area (Å²) in [6, 6.07) is 8.90. The second-order valence-corrected chi connectivity index (χ2v) is 5.81. The summed E-state index contributed by atoms with van der Waals surface area (Å²) in [6.45, 7) is 6.51. The number of rotatable bonds is 8. The highest BCUT2D eigenvalue weighted by Crippen LogP contribution is 2.22. The smallest absolute Gasteiger partial charge is 0.108 e. The lowest BCUT2D eigenvalue weighted by molar-refractivity contribution is 0.538. The minimum absolute atomic E-state index is 0.549. The highest BCUT2D eigenvalue weighted by atomic mass is 15.0. The van der Waals surface area contributed by atoms with Gasteiger partial charge in [-0.1, -0.05) is 36.8 Å². The van der Waals surface area contributed by atoms with Crippen LogP contribution in [0.2, 0.25) is 0 Å². The fourth-order valence-corrected chi connectivity index (χ4v) is 2.70. The average Bonchev–Trinajstić information content (AvgIpc) is 2.88. The van der Waals surface area contributed by atoms with Gasteiger partial charge in [-0.15, -0.1) is 0 Å². The molecule has 1 N–H and O–H groups in total. The van der Waals surface area contributed by atoms with Crippen LogP contribution in [0.3, 0.4) is 0 Å². The third kappa shape index (κ3) is 4.71. The predicted molar refractivity (Wildman–Crippen MR) is 88.6 cm³/mol. The average molecular weight is 285 g/mol. The van der Waals surface area contributed by atoms with E-state index in [4.69, 9.17) is 0 Å². The Kier molecular flexibility index (Phi) is 6.00. The van der Waals surface area contributed by atoms with E-state index in [-0.39, 0.29) is 0 Å². The molecule has 3 heteroatoms. The summed E-state index contributed by atoms with van der Waals surface area (Å²) < 4.78 is 2.12. The van der Waals surface area contributed by atoms with Crippen LogP contribution < -0.4 is 5.32 Å². The van der Waals surface area contributed by atoms with Crippen molar-refractivity contribution < 1.29 is 0 Å². The van der Waals surface area contributed by atoms with Crippen LogP contribution >= 0.6 is 0 Å². The van der Waals surface area contributed by atoms with Gasteiger partial charge in [0.05, 0.1) is 0 Å². The molecule has 0 radical (unpaired) electrons. The second-order valence-electron chi connectivity index (χ2n) is 5.81. The lowest BCUT2D eigenvalue weighted by Crippen LogP contribution is -2.23. The molecule has 1 atom stereocenters. The Bertz CT molecular complexity index is 545. The number of aryl methyl sites for hydroxylation is 3. The Balaban J connectivity index is 2.03. The van der Waals surface area contributed by atoms with Crippen molar-refractivity contribution in [2.45, 2.75) is 39.0 Å². The van der Waals surface area contributed by atoms with Crippen LogP contribution in [0, 0.1) is 6.92 Å². The van der Waals surface area contributed by atoms with Crippen molar-refractivity contribution in [2.75, 3.05) is 13.1 Å². The van der Waals surface area contributed by atoms with E-state index in [1.165, 1.54) is 23.4 Å². The molecule has 3 nitrogen and oxygen atoms in total. The largest absolute Gasteiger partial charge is 0.338 e. The molecule has 0 aliphatic carbocycles. The maximum atomic E-state index is 4.44. The van der Waals surface area contributed by atoms with E-state index in [1.807, 2.05) is 12.4 Å². The van der Waals surface area contributed by atoms with Crippen LogP contribution in [0.4, 0.5) is 0 Å². The Morgan fingerprint density at radius 1 is 1.33 bits per heavy atom. The number of imidazole rings is 1. The standard InChI is InChI=1S/C18H27N3/c1-4-10-19-14-17(16-7-5-6-15(2)13-16)8-9-18-20-11-12-21(18)3/h5-7,11-13,17,19H,4,8-10,14H2,1-3H3. The normalized spacial score (nSPS) is 12.5. The summed E-state index contributed by atoms with van der Waals surface area (Å²) in [7, 11) is 2.07. The first-order valence-corrected chi connectivity index (χ1v) is 7.94. The van der Waals surface area contributed by atoms with Crippen LogP contribution in [0.15, 0.2) is 36.7 Å². The molecule has 0 fully saturated rings. The van der Waals surface area contributed by atoms with Gasteiger partial charge in [0.1, 0.15) is 5.82 Å². The lowest BCUT2D eigenvalue weighted by atomic mass is 9.92. The summed E-state index contributed by atoms with van der Waals surface area (Å²) in [5.74, 6) is 1.72. The molecule has 2 aromatic rings. The fourth-order valence-electron chi connectivity index (χ4n) is 2.70. The minimum Gasteiger partial charge on any atom is -0.338 e. The number of benzene rings is 1. The van der Waals surface area contributed by atoms with Gasteiger partial charge < -0.3 is 9.88 Å². The summed E-state index contributed by atoms with van der Waals surface area (Å²) >= 11 is 0. The van der Waals surface area contributed by atoms with Gasteiger partial charge in [-0.2, -0.15) is 0 Å². The monoisotopic (exact) mass is 285 g/mol. The van der Waals surface area contributed by atoms with Crippen molar-refractivity contribution in [1.29, 1.82) is 0 Å². The number of hydrogen-bond donors (Lipinski definition) is 1. The molecule has 0 spiro atoms. The van der Waals surface area contributed by atoms with Gasteiger partial charge in [-0.05, 0) is 37.8 Å². The third-order valence-corrected chi connectivity index (χ3v) is 3.97. The first-order chi connectivity index (χ1) is 10.2. The molecule has 1 unspecified atom stereocenters. The number of aromatic nitrogens is 2. The van der Waals surface area contributed by atoms with Crippen molar-refractivity contribution >= 4 is 0 Å². The summed E-state index contributed by atoms with van der Waals surface area (Å²) in [5, 5.41) is 3.57. The molecule has 0 aliphatic heterocycles. The molecule has 0 bridgehead atoms. The number of hydrogen-bond acceptors (Lipinski definition) is 2. The highest BCUT2D eigenvalue weighted by molar-refractivity contribution is 5.26. The van der Waals surface area contributed by atoms with Crippen molar-refractivity contribution in [1.82, 2.24) is 14.9 Å². The van der Waals surface area contributed by atoms with Gasteiger partial charge in [-0.25, -0.2) is 4.98 Å². The highest BCUT2D eigenvalue weighted by Gasteiger charge is 2.13. The first kappa shape index (κ1) is 15.8. The van der Waals surface area contributed by atoms with Crippen LogP contribution in [0.25, 0.3) is 0 Å². The van der Waals surface area contributed by atoms with Crippen molar-refractivity contribution in [2.24, 2.45) is 7.05 Å². The Morgan fingerprint density at radius 2 is 2.19 bits per heavy atom. The molecule has 2 rings (SSSR count). The second kappa shape index (κ2) is 7.99. The summed E-state index contributed by atoms with van der Waals surface area (Å²) in [4.78, 5) is 4.44. The van der Waals surface area contributed by atoms with Gasteiger partial charge in [0.25, 0.3) is 0 Å². The van der Waals surface area contributed by atoms with Gasteiger partial charge in [-0.3, -0.25) is 0 Å². The van der Waals surface area contributed by atoms with E-state index in [2.05, 4.69) is 60.0 Å². The van der Waals surface area contributed by atoms with Crippen LogP contribution in [-0.2, 0) is 13.5 Å². The molecule has 0 aliphatic rings. The first-order valence-electron chi connectivity index (χ1n) is 7.94. The van der Waals surface area contributed by atoms with Gasteiger partial charge in [0.15, 0.2) is 0 Å².